The maximum absolute atomic E-state index is 13.7. The summed E-state index contributed by atoms with van der Waals surface area (Å²) in [6.07, 6.45) is 0. The molecule has 2 rings (SSSR count). The first-order valence-corrected chi connectivity index (χ1v) is 8.04. The van der Waals surface area contributed by atoms with Crippen LogP contribution < -0.4 is 0 Å². The van der Waals surface area contributed by atoms with Crippen molar-refractivity contribution < 1.29 is 27.4 Å². The molecule has 0 saturated carbocycles. The second-order valence-electron chi connectivity index (χ2n) is 4.50. The van der Waals surface area contributed by atoms with Gasteiger partial charge in [0.05, 0.1) is 19.0 Å². The Morgan fingerprint density at radius 3 is 2.86 bits per heavy atom. The van der Waals surface area contributed by atoms with E-state index in [2.05, 4.69) is 0 Å². The molecule has 1 aromatic rings. The average Bonchev–Trinajstić information content (AvgIpc) is 2.43. The number of halogens is 2. The molecule has 0 radical (unpaired) electrons. The monoisotopic (exact) mass is 337 g/mol. The lowest BCUT2D eigenvalue weighted by atomic mass is 10.2. The maximum Gasteiger partial charge on any atom is 0.324 e. The van der Waals surface area contributed by atoms with Gasteiger partial charge in [-0.3, -0.25) is 4.79 Å². The summed E-state index contributed by atoms with van der Waals surface area (Å²) in [6, 6.07) is 2.53. The molecule has 1 unspecified atom stereocenters. The van der Waals surface area contributed by atoms with Gasteiger partial charge in [0.25, 0.3) is 0 Å². The van der Waals surface area contributed by atoms with Crippen LogP contribution >= 0.6 is 11.6 Å². The Balaban J connectivity index is 2.31. The number of rotatable bonds is 4. The van der Waals surface area contributed by atoms with Gasteiger partial charge in [-0.1, -0.05) is 17.7 Å². The summed E-state index contributed by atoms with van der Waals surface area (Å²) in [5.74, 6) is -2.74. The Kier molecular flexibility index (Phi) is 4.82. The summed E-state index contributed by atoms with van der Waals surface area (Å²) in [5, 5.41) is 9.05. The van der Waals surface area contributed by atoms with Crippen LogP contribution in [0.2, 0.25) is 5.02 Å². The minimum atomic E-state index is -4.03. The van der Waals surface area contributed by atoms with E-state index >= 15 is 0 Å². The zero-order valence-electron chi connectivity index (χ0n) is 10.8. The summed E-state index contributed by atoms with van der Waals surface area (Å²) in [5.41, 5.74) is -0.171. The number of ether oxygens (including phenoxy) is 1. The normalized spacial score (nSPS) is 20.4. The smallest absolute Gasteiger partial charge is 0.324 e. The molecule has 1 aliphatic rings. The second kappa shape index (κ2) is 6.27. The molecule has 6 nitrogen and oxygen atoms in total. The predicted octanol–water partition coefficient (Wildman–Crippen LogP) is 1.09. The number of benzene rings is 1. The number of carbonyl (C=O) groups is 1. The van der Waals surface area contributed by atoms with Gasteiger partial charge in [0.2, 0.25) is 10.0 Å². The molecule has 0 spiro atoms. The van der Waals surface area contributed by atoms with Gasteiger partial charge in [-0.2, -0.15) is 4.31 Å². The Morgan fingerprint density at radius 2 is 2.24 bits per heavy atom. The highest BCUT2D eigenvalue weighted by molar-refractivity contribution is 7.88. The van der Waals surface area contributed by atoms with Gasteiger partial charge in [-0.25, -0.2) is 12.8 Å². The predicted molar refractivity (Wildman–Crippen MR) is 73.0 cm³/mol. The van der Waals surface area contributed by atoms with Crippen molar-refractivity contribution in [1.82, 2.24) is 4.31 Å². The molecular weight excluding hydrogens is 325 g/mol. The van der Waals surface area contributed by atoms with Crippen molar-refractivity contribution in [2.75, 3.05) is 19.8 Å². The van der Waals surface area contributed by atoms with E-state index in [1.54, 1.807) is 0 Å². The van der Waals surface area contributed by atoms with E-state index in [1.807, 2.05) is 0 Å². The number of morpholine rings is 1. The Morgan fingerprint density at radius 1 is 1.52 bits per heavy atom. The van der Waals surface area contributed by atoms with Crippen molar-refractivity contribution >= 4 is 27.6 Å². The number of carboxylic acid groups (broad SMARTS) is 1. The van der Waals surface area contributed by atoms with E-state index in [1.165, 1.54) is 12.1 Å². The van der Waals surface area contributed by atoms with Crippen LogP contribution in [0.1, 0.15) is 5.56 Å². The van der Waals surface area contributed by atoms with E-state index in [-0.39, 0.29) is 30.3 Å². The lowest BCUT2D eigenvalue weighted by molar-refractivity contribution is -0.146. The number of hydrogen-bond donors (Lipinski definition) is 1. The van der Waals surface area contributed by atoms with E-state index in [0.29, 0.717) is 0 Å². The van der Waals surface area contributed by atoms with Crippen molar-refractivity contribution in [3.8, 4) is 0 Å². The molecule has 9 heteroatoms. The molecular formula is C12H13ClFNO5S. The Labute approximate surface area is 126 Å². The first-order chi connectivity index (χ1) is 9.83. The van der Waals surface area contributed by atoms with Gasteiger partial charge in [0.15, 0.2) is 0 Å². The fraction of sp³-hybridized carbons (Fsp3) is 0.417. The fourth-order valence-corrected chi connectivity index (χ4v) is 4.08. The fourth-order valence-electron chi connectivity index (χ4n) is 2.05. The first-order valence-electron chi connectivity index (χ1n) is 6.06. The van der Waals surface area contributed by atoms with Crippen LogP contribution in [0, 0.1) is 5.82 Å². The number of nitrogens with zero attached hydrogens (tertiary/aromatic N) is 1. The highest BCUT2D eigenvalue weighted by Crippen LogP contribution is 2.24. The maximum atomic E-state index is 13.7. The summed E-state index contributed by atoms with van der Waals surface area (Å²) >= 11 is 5.81. The van der Waals surface area contributed by atoms with Crippen molar-refractivity contribution in [1.29, 1.82) is 0 Å². The molecule has 116 valence electrons. The largest absolute Gasteiger partial charge is 0.480 e. The number of carboxylic acids is 1. The van der Waals surface area contributed by atoms with Crippen LogP contribution in [0.5, 0.6) is 0 Å². The van der Waals surface area contributed by atoms with E-state index in [4.69, 9.17) is 21.4 Å². The zero-order chi connectivity index (χ0) is 15.6. The topological polar surface area (TPSA) is 83.9 Å². The summed E-state index contributed by atoms with van der Waals surface area (Å²) in [4.78, 5) is 11.1. The van der Waals surface area contributed by atoms with Crippen LogP contribution in [-0.4, -0.2) is 49.6 Å². The second-order valence-corrected chi connectivity index (χ2v) is 6.82. The quantitative estimate of drug-likeness (QED) is 0.889. The number of sulfonamides is 1. The lowest BCUT2D eigenvalue weighted by Gasteiger charge is -2.31. The van der Waals surface area contributed by atoms with Crippen molar-refractivity contribution in [2.24, 2.45) is 0 Å². The zero-order valence-corrected chi connectivity index (χ0v) is 12.4. The van der Waals surface area contributed by atoms with Crippen LogP contribution in [0.15, 0.2) is 18.2 Å². The van der Waals surface area contributed by atoms with E-state index in [9.17, 15) is 17.6 Å². The molecule has 0 aliphatic carbocycles. The third kappa shape index (κ3) is 3.52. The Hall–Kier alpha value is -1.22. The standard InChI is InChI=1S/C12H13ClFNO5S/c13-9-2-1-3-10(14)8(9)7-21(18,19)15-4-5-20-6-11(15)12(16)17/h1-3,11H,4-7H2,(H,16,17). The van der Waals surface area contributed by atoms with Gasteiger partial charge >= 0.3 is 5.97 Å². The average molecular weight is 338 g/mol. The molecule has 21 heavy (non-hydrogen) atoms. The molecule has 1 saturated heterocycles. The molecule has 0 amide bonds. The lowest BCUT2D eigenvalue weighted by Crippen LogP contribution is -2.52. The van der Waals surface area contributed by atoms with Crippen LogP contribution in [0.4, 0.5) is 4.39 Å². The van der Waals surface area contributed by atoms with Crippen LogP contribution in [-0.2, 0) is 25.3 Å². The number of hydrogen-bond acceptors (Lipinski definition) is 4. The molecule has 1 atom stereocenters. The van der Waals surface area contributed by atoms with Crippen molar-refractivity contribution in [3.63, 3.8) is 0 Å². The first kappa shape index (κ1) is 16.2. The summed E-state index contributed by atoms with van der Waals surface area (Å²) in [7, 11) is -4.03. The third-order valence-electron chi connectivity index (χ3n) is 3.11. The molecule has 1 aliphatic heterocycles. The number of aliphatic carboxylic acids is 1. The highest BCUT2D eigenvalue weighted by Gasteiger charge is 2.38. The summed E-state index contributed by atoms with van der Waals surface area (Å²) in [6.45, 7) is -0.237. The minimum absolute atomic E-state index is 0.0151. The molecule has 1 heterocycles. The van der Waals surface area contributed by atoms with Crippen molar-refractivity contribution in [2.45, 2.75) is 11.8 Å². The minimum Gasteiger partial charge on any atom is -0.480 e. The van der Waals surface area contributed by atoms with Gasteiger partial charge in [-0.15, -0.1) is 0 Å². The molecule has 0 aromatic heterocycles. The van der Waals surface area contributed by atoms with Gasteiger partial charge < -0.3 is 9.84 Å². The molecule has 0 bridgehead atoms. The Bertz CT molecular complexity index is 631. The van der Waals surface area contributed by atoms with E-state index in [0.717, 1.165) is 10.4 Å². The van der Waals surface area contributed by atoms with Crippen LogP contribution in [0.3, 0.4) is 0 Å². The molecule has 1 aromatic carbocycles. The van der Waals surface area contributed by atoms with Crippen molar-refractivity contribution in [3.05, 3.63) is 34.6 Å². The van der Waals surface area contributed by atoms with Gasteiger partial charge in [-0.05, 0) is 12.1 Å². The van der Waals surface area contributed by atoms with E-state index < -0.39 is 33.6 Å². The van der Waals surface area contributed by atoms with Crippen LogP contribution in [0.25, 0.3) is 0 Å². The van der Waals surface area contributed by atoms with Gasteiger partial charge in [0, 0.05) is 17.1 Å². The highest BCUT2D eigenvalue weighted by atomic mass is 35.5. The van der Waals surface area contributed by atoms with Gasteiger partial charge in [0.1, 0.15) is 11.9 Å². The molecule has 1 N–H and O–H groups in total. The molecule has 1 fully saturated rings. The summed E-state index contributed by atoms with van der Waals surface area (Å²) < 4.78 is 44.2. The SMILES string of the molecule is O=C(O)C1COCCN1S(=O)(=O)Cc1c(F)cccc1Cl. The third-order valence-corrected chi connectivity index (χ3v) is 5.27.